The fraction of sp³-hybridized carbons (Fsp3) is 0.605. The van der Waals surface area contributed by atoms with E-state index in [4.69, 9.17) is 28.1 Å². The van der Waals surface area contributed by atoms with Crippen LogP contribution in [0, 0.1) is 0 Å². The molecule has 2 aromatic rings. The van der Waals surface area contributed by atoms with Gasteiger partial charge < -0.3 is 38.1 Å². The van der Waals surface area contributed by atoms with Gasteiger partial charge in [0.2, 0.25) is 0 Å². The molecule has 1 amide bonds. The van der Waals surface area contributed by atoms with Crippen molar-refractivity contribution in [3.8, 4) is 0 Å². The first-order valence-corrected chi connectivity index (χ1v) is 25.2. The Balaban J connectivity index is 0.000000542. The van der Waals surface area contributed by atoms with E-state index < -0.39 is 51.5 Å². The van der Waals surface area contributed by atoms with Gasteiger partial charge in [-0.15, -0.1) is 0 Å². The third-order valence-electron chi connectivity index (χ3n) is 9.91. The summed E-state index contributed by atoms with van der Waals surface area (Å²) in [5.74, 6) is -1.36. The molecule has 2 heterocycles. The largest absolute Gasteiger partial charge is 0.494 e. The van der Waals surface area contributed by atoms with Gasteiger partial charge >= 0.3 is 32.3 Å². The highest BCUT2D eigenvalue weighted by atomic mass is 127. The maximum atomic E-state index is 12.4. The van der Waals surface area contributed by atoms with Crippen LogP contribution in [0.15, 0.2) is 48.5 Å². The molecule has 11 nitrogen and oxygen atoms in total. The topological polar surface area (TPSA) is 128 Å². The normalized spacial score (nSPS) is 17.8. The molecular weight excluding hydrogens is 945 g/mol. The second-order valence-corrected chi connectivity index (χ2v) is 21.9. The fourth-order valence-corrected chi connectivity index (χ4v) is 5.85. The van der Waals surface area contributed by atoms with Crippen molar-refractivity contribution < 1.29 is 47.2 Å². The second kappa shape index (κ2) is 22.5. The summed E-state index contributed by atoms with van der Waals surface area (Å²) in [5, 5.41) is 2.69. The molecule has 2 aliphatic rings. The number of halogens is 2. The van der Waals surface area contributed by atoms with Gasteiger partial charge in [-0.1, -0.05) is 90.8 Å². The van der Waals surface area contributed by atoms with E-state index >= 15 is 0 Å². The number of alkyl halides is 1. The third kappa shape index (κ3) is 15.6. The third-order valence-corrected chi connectivity index (χ3v) is 11.6. The summed E-state index contributed by atoms with van der Waals surface area (Å²) < 4.78 is 39.1. The number of carbonyl (C=O) groups excluding carboxylic acids is 3. The van der Waals surface area contributed by atoms with E-state index in [9.17, 15) is 14.4 Å². The average molecular weight is 1010 g/mol. The Kier molecular flexibility index (Phi) is 21.0. The summed E-state index contributed by atoms with van der Waals surface area (Å²) in [6.07, 6.45) is -0.279. The molecule has 1 unspecified atom stereocenters. The molecule has 0 saturated carbocycles. The van der Waals surface area contributed by atoms with Crippen LogP contribution in [-0.4, -0.2) is 101 Å². The highest BCUT2D eigenvalue weighted by molar-refractivity contribution is 14.1. The van der Waals surface area contributed by atoms with Gasteiger partial charge in [0.15, 0.2) is 5.70 Å². The summed E-state index contributed by atoms with van der Waals surface area (Å²) in [5.41, 5.74) is 6.15. The van der Waals surface area contributed by atoms with Crippen LogP contribution >= 0.6 is 45.0 Å². The summed E-state index contributed by atoms with van der Waals surface area (Å²) in [6.45, 7) is 23.1. The number of hydrogen-bond donors (Lipinski definition) is 1. The number of alkyl carbamates (subject to hydrolysis) is 1. The van der Waals surface area contributed by atoms with E-state index in [1.54, 1.807) is 22.4 Å². The molecule has 2 fully saturated rings. The van der Waals surface area contributed by atoms with Crippen molar-refractivity contribution in [1.82, 2.24) is 5.32 Å². The molecule has 0 spiro atoms. The van der Waals surface area contributed by atoms with Crippen molar-refractivity contribution in [3.63, 3.8) is 0 Å². The molecule has 4 rings (SSSR count). The van der Waals surface area contributed by atoms with E-state index in [0.717, 1.165) is 22.5 Å². The van der Waals surface area contributed by atoms with Crippen LogP contribution in [0.4, 0.5) is 4.79 Å². The molecule has 1 atom stereocenters. The van der Waals surface area contributed by atoms with Crippen molar-refractivity contribution >= 4 is 102 Å². The Morgan fingerprint density at radius 2 is 1.22 bits per heavy atom. The monoisotopic (exact) mass is 1010 g/mol. The number of methoxy groups -OCH3 is 2. The van der Waals surface area contributed by atoms with Gasteiger partial charge in [-0.2, -0.15) is 22.4 Å². The molecule has 0 bridgehead atoms. The van der Waals surface area contributed by atoms with Gasteiger partial charge in [0.25, 0.3) is 0 Å². The number of hydrogen-bond acceptors (Lipinski definition) is 10. The quantitative estimate of drug-likeness (QED) is 0.0870. The van der Waals surface area contributed by atoms with Crippen molar-refractivity contribution in [2.45, 2.75) is 116 Å². The zero-order valence-corrected chi connectivity index (χ0v) is 40.4. The number of carbonyl (C=O) groups is 3. The SMILES string of the molecule is CI.COC(=O)C(CNC(=O)OCC[Si](C)(C)C)c1cccc(B2OC(C)(C)C(C)(C)O2)c1.COC(=O)Cc1cccc(B2OC(C)(C)C(C)(C)O2)c1.[B]I. The highest BCUT2D eigenvalue weighted by Gasteiger charge is 2.52. The lowest BCUT2D eigenvalue weighted by Crippen LogP contribution is -2.41. The van der Waals surface area contributed by atoms with Crippen molar-refractivity contribution in [1.29, 1.82) is 0 Å². The van der Waals surface area contributed by atoms with E-state index in [-0.39, 0.29) is 30.1 Å². The van der Waals surface area contributed by atoms with Gasteiger partial charge in [-0.05, 0) is 88.4 Å². The Bertz CT molecular complexity index is 1510. The second-order valence-electron chi connectivity index (χ2n) is 16.2. The maximum absolute atomic E-state index is 12.4. The first-order valence-electron chi connectivity index (χ1n) is 18.1. The lowest BCUT2D eigenvalue weighted by atomic mass is 9.77. The molecule has 0 aliphatic carbocycles. The van der Waals surface area contributed by atoms with Crippen LogP contribution in [0.25, 0.3) is 0 Å². The molecule has 2 aliphatic heterocycles. The Labute approximate surface area is 359 Å². The fourth-order valence-electron chi connectivity index (χ4n) is 5.14. The van der Waals surface area contributed by atoms with E-state index in [1.807, 2.05) is 109 Å². The molecule has 55 heavy (non-hydrogen) atoms. The predicted molar refractivity (Wildman–Crippen MR) is 242 cm³/mol. The maximum Gasteiger partial charge on any atom is 0.494 e. The van der Waals surface area contributed by atoms with Gasteiger partial charge in [0.05, 0.1) is 55.6 Å². The molecule has 2 radical (unpaired) electrons. The minimum atomic E-state index is -1.29. The number of amides is 1. The van der Waals surface area contributed by atoms with E-state index in [2.05, 4.69) is 58.0 Å². The summed E-state index contributed by atoms with van der Waals surface area (Å²) in [4.78, 5) is 37.8. The molecule has 17 heteroatoms. The highest BCUT2D eigenvalue weighted by Crippen LogP contribution is 2.37. The first kappa shape index (κ1) is 51.4. The lowest BCUT2D eigenvalue weighted by molar-refractivity contribution is -0.142. The average Bonchev–Trinajstić information content (AvgIpc) is 3.49. The van der Waals surface area contributed by atoms with Crippen LogP contribution in [-0.2, 0) is 48.8 Å². The van der Waals surface area contributed by atoms with Crippen LogP contribution in [0.2, 0.25) is 25.7 Å². The number of benzene rings is 2. The molecule has 2 saturated heterocycles. The van der Waals surface area contributed by atoms with Crippen LogP contribution in [0.5, 0.6) is 0 Å². The summed E-state index contributed by atoms with van der Waals surface area (Å²) >= 11 is 3.80. The van der Waals surface area contributed by atoms with Crippen LogP contribution < -0.4 is 16.2 Å². The lowest BCUT2D eigenvalue weighted by Gasteiger charge is -2.32. The number of nitrogens with one attached hydrogen (secondary N) is 1. The minimum Gasteiger partial charge on any atom is -0.469 e. The predicted octanol–water partition coefficient (Wildman–Crippen LogP) is 6.56. The van der Waals surface area contributed by atoms with Crippen molar-refractivity contribution in [3.05, 3.63) is 59.7 Å². The molecule has 0 aromatic heterocycles. The van der Waals surface area contributed by atoms with E-state index in [1.165, 1.54) is 14.2 Å². The van der Waals surface area contributed by atoms with Gasteiger partial charge in [-0.25, -0.2) is 4.79 Å². The molecule has 2 aromatic carbocycles. The van der Waals surface area contributed by atoms with Crippen LogP contribution in [0.1, 0.15) is 72.4 Å². The number of rotatable bonds is 11. The smallest absolute Gasteiger partial charge is 0.469 e. The molecule has 1 N–H and O–H groups in total. The Morgan fingerprint density at radius 3 is 1.65 bits per heavy atom. The van der Waals surface area contributed by atoms with Crippen LogP contribution in [0.3, 0.4) is 0 Å². The van der Waals surface area contributed by atoms with Gasteiger partial charge in [0, 0.05) is 14.6 Å². The van der Waals surface area contributed by atoms with Crippen molar-refractivity contribution in [2.75, 3.05) is 32.3 Å². The summed E-state index contributed by atoms with van der Waals surface area (Å²) in [7, 11) is 0.490. The zero-order chi connectivity index (χ0) is 42.4. The standard InChI is InChI=1S/C22H36BNO6Si.C15H21BO4.CH3I.BI/c1-21(2)22(3,4)30-23(29-21)17-11-9-10-16(14-17)18(19(25)27-5)15-24-20(26)28-12-13-31(6,7)8;1-14(2)15(3,4)20-16(19-14)12-8-6-7-11(9-12)10-13(17)18-5;2*1-2/h9-11,14,18H,12-13,15H2,1-8H3,(H,24,26);6-9H,10H2,1-5H3;1H3;. The minimum absolute atomic E-state index is 0.0747. The molecule has 304 valence electrons. The first-order chi connectivity index (χ1) is 25.5. The number of ether oxygens (including phenoxy) is 3. The van der Waals surface area contributed by atoms with E-state index in [0.29, 0.717) is 12.2 Å². The Hall–Kier alpha value is -1.64. The Morgan fingerprint density at radius 1 is 0.764 bits per heavy atom. The molecular formula is C38H60B3I2NO10Si. The van der Waals surface area contributed by atoms with Gasteiger partial charge in [0.1, 0.15) is 0 Å². The van der Waals surface area contributed by atoms with Crippen molar-refractivity contribution in [2.24, 2.45) is 0 Å². The summed E-state index contributed by atoms with van der Waals surface area (Å²) in [6, 6.07) is 16.0. The van der Waals surface area contributed by atoms with Gasteiger partial charge in [-0.3, -0.25) is 9.59 Å². The zero-order valence-electron chi connectivity index (χ0n) is 35.1. The number of esters is 2.